The van der Waals surface area contributed by atoms with Gasteiger partial charge in [-0.05, 0) is 18.6 Å². The molecule has 1 amide bonds. The highest BCUT2D eigenvalue weighted by atomic mass is 35.5. The maximum atomic E-state index is 12.0. The van der Waals surface area contributed by atoms with E-state index < -0.39 is 5.56 Å². The van der Waals surface area contributed by atoms with Crippen molar-refractivity contribution in [3.05, 3.63) is 68.6 Å². The molecule has 0 bridgehead atoms. The minimum atomic E-state index is -0.441. The fourth-order valence-electron chi connectivity index (χ4n) is 1.95. The van der Waals surface area contributed by atoms with Crippen LogP contribution in [0.3, 0.4) is 0 Å². The lowest BCUT2D eigenvalue weighted by Crippen LogP contribution is -2.33. The van der Waals surface area contributed by atoms with Gasteiger partial charge in [0.05, 0.1) is 11.1 Å². The molecule has 0 aliphatic rings. The molecule has 0 fully saturated rings. The zero-order chi connectivity index (χ0) is 15.4. The van der Waals surface area contributed by atoms with Crippen LogP contribution in [-0.2, 0) is 11.3 Å². The third-order valence-electron chi connectivity index (χ3n) is 3.00. The second-order valence-electron chi connectivity index (χ2n) is 4.64. The molecule has 2 aromatic rings. The monoisotopic (exact) mass is 324 g/mol. The number of hydrogen-bond acceptors (Lipinski definition) is 2. The van der Waals surface area contributed by atoms with Crippen LogP contribution in [0.5, 0.6) is 0 Å². The Hall–Kier alpha value is -1.78. The van der Waals surface area contributed by atoms with Crippen LogP contribution in [-0.4, -0.2) is 10.5 Å². The Balaban J connectivity index is 2.07. The first-order valence-corrected chi connectivity index (χ1v) is 7.13. The molecule has 1 aromatic heterocycles. The lowest BCUT2D eigenvalue weighted by atomic mass is 10.1. The molecule has 0 aliphatic carbocycles. The molecule has 0 aliphatic heterocycles. The van der Waals surface area contributed by atoms with Gasteiger partial charge in [-0.1, -0.05) is 53.5 Å². The number of pyridine rings is 1. The maximum Gasteiger partial charge on any atom is 0.269 e. The largest absolute Gasteiger partial charge is 0.348 e. The van der Waals surface area contributed by atoms with Crippen LogP contribution >= 0.6 is 23.2 Å². The summed E-state index contributed by atoms with van der Waals surface area (Å²) in [5, 5.41) is 3.13. The normalized spacial score (nSPS) is 12.0. The summed E-state index contributed by atoms with van der Waals surface area (Å²) in [6, 6.07) is 10.8. The Bertz CT molecular complexity index is 699. The van der Waals surface area contributed by atoms with Gasteiger partial charge in [-0.15, -0.1) is 0 Å². The Labute approximate surface area is 132 Å². The van der Waals surface area contributed by atoms with Gasteiger partial charge in [0.25, 0.3) is 5.56 Å². The molecule has 110 valence electrons. The first-order chi connectivity index (χ1) is 9.97. The van der Waals surface area contributed by atoms with Crippen LogP contribution in [0.2, 0.25) is 10.0 Å². The van der Waals surface area contributed by atoms with E-state index >= 15 is 0 Å². The predicted octanol–water partition coefficient (Wildman–Crippen LogP) is 3.03. The van der Waals surface area contributed by atoms with Crippen molar-refractivity contribution in [2.24, 2.45) is 0 Å². The van der Waals surface area contributed by atoms with Gasteiger partial charge in [0, 0.05) is 6.20 Å². The van der Waals surface area contributed by atoms with Crippen LogP contribution in [0.4, 0.5) is 0 Å². The van der Waals surface area contributed by atoms with E-state index in [9.17, 15) is 9.59 Å². The van der Waals surface area contributed by atoms with E-state index in [1.807, 2.05) is 37.3 Å². The molecule has 1 N–H and O–H groups in total. The van der Waals surface area contributed by atoms with Crippen LogP contribution in [0.15, 0.2) is 47.4 Å². The zero-order valence-electron chi connectivity index (χ0n) is 11.3. The molecule has 6 heteroatoms. The molecular weight excluding hydrogens is 311 g/mol. The molecule has 0 saturated carbocycles. The summed E-state index contributed by atoms with van der Waals surface area (Å²) in [7, 11) is 0. The first kappa shape index (κ1) is 15.6. The Morgan fingerprint density at radius 2 is 1.95 bits per heavy atom. The lowest BCUT2D eigenvalue weighted by Gasteiger charge is -2.15. The fraction of sp³-hybridized carbons (Fsp3) is 0.200. The minimum absolute atomic E-state index is 0.00796. The standard InChI is InChI=1S/C15H14Cl2N2O2/c1-10(11-5-3-2-4-6-11)18-14(20)9-19-8-12(16)7-13(17)15(19)21/h2-8,10H,9H2,1H3,(H,18,20). The molecule has 1 atom stereocenters. The Kier molecular flexibility index (Phi) is 5.04. The number of nitrogens with one attached hydrogen (secondary N) is 1. The average Bonchev–Trinajstić information content (AvgIpc) is 2.45. The van der Waals surface area contributed by atoms with Crippen molar-refractivity contribution in [1.82, 2.24) is 9.88 Å². The summed E-state index contributed by atoms with van der Waals surface area (Å²) in [5.41, 5.74) is 0.547. The molecule has 0 radical (unpaired) electrons. The summed E-state index contributed by atoms with van der Waals surface area (Å²) in [6.07, 6.45) is 1.39. The van der Waals surface area contributed by atoms with E-state index in [1.165, 1.54) is 16.8 Å². The summed E-state index contributed by atoms with van der Waals surface area (Å²) >= 11 is 11.6. The van der Waals surface area contributed by atoms with Gasteiger partial charge >= 0.3 is 0 Å². The molecule has 1 unspecified atom stereocenters. The quantitative estimate of drug-likeness (QED) is 0.939. The molecular formula is C15H14Cl2N2O2. The predicted molar refractivity (Wildman–Crippen MR) is 83.7 cm³/mol. The van der Waals surface area contributed by atoms with E-state index in [2.05, 4.69) is 5.32 Å². The summed E-state index contributed by atoms with van der Waals surface area (Å²) in [4.78, 5) is 23.8. The van der Waals surface area contributed by atoms with Crippen LogP contribution in [0.1, 0.15) is 18.5 Å². The number of aromatic nitrogens is 1. The van der Waals surface area contributed by atoms with Gasteiger partial charge in [-0.2, -0.15) is 0 Å². The van der Waals surface area contributed by atoms with E-state index in [0.29, 0.717) is 5.02 Å². The fourth-order valence-corrected chi connectivity index (χ4v) is 2.46. The Morgan fingerprint density at radius 3 is 2.62 bits per heavy atom. The van der Waals surface area contributed by atoms with E-state index in [4.69, 9.17) is 23.2 Å². The molecule has 0 saturated heterocycles. The lowest BCUT2D eigenvalue weighted by molar-refractivity contribution is -0.122. The number of nitrogens with zero attached hydrogens (tertiary/aromatic N) is 1. The van der Waals surface area contributed by atoms with Crippen LogP contribution in [0, 0.1) is 0 Å². The highest BCUT2D eigenvalue weighted by molar-refractivity contribution is 6.34. The third kappa shape index (κ3) is 4.09. The van der Waals surface area contributed by atoms with Crippen LogP contribution < -0.4 is 10.9 Å². The first-order valence-electron chi connectivity index (χ1n) is 6.37. The zero-order valence-corrected chi connectivity index (χ0v) is 12.9. The van der Waals surface area contributed by atoms with Crippen molar-refractivity contribution in [2.75, 3.05) is 0 Å². The number of rotatable bonds is 4. The second kappa shape index (κ2) is 6.78. The van der Waals surface area contributed by atoms with Crippen molar-refractivity contribution in [1.29, 1.82) is 0 Å². The third-order valence-corrected chi connectivity index (χ3v) is 3.48. The Morgan fingerprint density at radius 1 is 1.29 bits per heavy atom. The number of halogens is 2. The van der Waals surface area contributed by atoms with E-state index in [1.54, 1.807) is 0 Å². The number of benzene rings is 1. The van der Waals surface area contributed by atoms with Crippen molar-refractivity contribution in [3.8, 4) is 0 Å². The van der Waals surface area contributed by atoms with Crippen molar-refractivity contribution >= 4 is 29.1 Å². The maximum absolute atomic E-state index is 12.0. The number of hydrogen-bond donors (Lipinski definition) is 1. The highest BCUT2D eigenvalue weighted by Crippen LogP contribution is 2.12. The van der Waals surface area contributed by atoms with Gasteiger partial charge in [0.15, 0.2) is 0 Å². The average molecular weight is 325 g/mol. The second-order valence-corrected chi connectivity index (χ2v) is 5.48. The highest BCUT2D eigenvalue weighted by Gasteiger charge is 2.12. The number of carbonyl (C=O) groups excluding carboxylic acids is 1. The minimum Gasteiger partial charge on any atom is -0.348 e. The van der Waals surface area contributed by atoms with Gasteiger partial charge in [-0.3, -0.25) is 9.59 Å². The molecule has 21 heavy (non-hydrogen) atoms. The summed E-state index contributed by atoms with van der Waals surface area (Å²) in [6.45, 7) is 1.75. The van der Waals surface area contributed by atoms with Gasteiger partial charge < -0.3 is 9.88 Å². The molecule has 1 heterocycles. The van der Waals surface area contributed by atoms with Gasteiger partial charge in [0.1, 0.15) is 11.6 Å². The van der Waals surface area contributed by atoms with Crippen LogP contribution in [0.25, 0.3) is 0 Å². The molecule has 4 nitrogen and oxygen atoms in total. The smallest absolute Gasteiger partial charge is 0.269 e. The van der Waals surface area contributed by atoms with E-state index in [0.717, 1.165) is 5.56 Å². The molecule has 0 spiro atoms. The van der Waals surface area contributed by atoms with Gasteiger partial charge in [-0.25, -0.2) is 0 Å². The van der Waals surface area contributed by atoms with Gasteiger partial charge in [0.2, 0.25) is 5.91 Å². The van der Waals surface area contributed by atoms with Crippen molar-refractivity contribution < 1.29 is 4.79 Å². The topological polar surface area (TPSA) is 51.1 Å². The van der Waals surface area contributed by atoms with E-state index in [-0.39, 0.29) is 23.5 Å². The van der Waals surface area contributed by atoms with Crippen molar-refractivity contribution in [3.63, 3.8) is 0 Å². The SMILES string of the molecule is CC(NC(=O)Cn1cc(Cl)cc(Cl)c1=O)c1ccccc1. The molecule has 1 aromatic carbocycles. The number of amides is 1. The van der Waals surface area contributed by atoms with Crippen molar-refractivity contribution in [2.45, 2.75) is 19.5 Å². The summed E-state index contributed by atoms with van der Waals surface area (Å²) < 4.78 is 1.19. The number of carbonyl (C=O) groups is 1. The summed E-state index contributed by atoms with van der Waals surface area (Å²) in [5.74, 6) is -0.285. The molecule has 2 rings (SSSR count).